The molecule has 0 spiro atoms. The van der Waals surface area contributed by atoms with Gasteiger partial charge in [-0.25, -0.2) is 0 Å². The van der Waals surface area contributed by atoms with Crippen molar-refractivity contribution in [3.63, 3.8) is 0 Å². The molecule has 0 aliphatic carbocycles. The quantitative estimate of drug-likeness (QED) is 0.820. The van der Waals surface area contributed by atoms with Crippen LogP contribution in [-0.4, -0.2) is 36.7 Å². The second kappa shape index (κ2) is 6.71. The van der Waals surface area contributed by atoms with Crippen molar-refractivity contribution in [2.24, 2.45) is 0 Å². The van der Waals surface area contributed by atoms with Crippen LogP contribution in [0.4, 0.5) is 0 Å². The van der Waals surface area contributed by atoms with Crippen molar-refractivity contribution in [3.8, 4) is 0 Å². The predicted molar refractivity (Wildman–Crippen MR) is 76.1 cm³/mol. The van der Waals surface area contributed by atoms with Crippen molar-refractivity contribution < 1.29 is 9.53 Å². The molecule has 2 fully saturated rings. The molecule has 0 aromatic heterocycles. The molecule has 2 aliphatic heterocycles. The van der Waals surface area contributed by atoms with Gasteiger partial charge >= 0.3 is 0 Å². The van der Waals surface area contributed by atoms with E-state index in [1.54, 1.807) is 0 Å². The van der Waals surface area contributed by atoms with Gasteiger partial charge in [-0.3, -0.25) is 4.79 Å². The van der Waals surface area contributed by atoms with Crippen molar-refractivity contribution in [2.75, 3.05) is 13.2 Å². The minimum Gasteiger partial charge on any atom is -0.375 e. The maximum atomic E-state index is 11.6. The molecule has 2 aliphatic rings. The summed E-state index contributed by atoms with van der Waals surface area (Å²) in [4.78, 5) is 11.6. The Hall–Kier alpha value is -0.610. The fourth-order valence-electron chi connectivity index (χ4n) is 3.36. The van der Waals surface area contributed by atoms with Crippen molar-refractivity contribution in [1.82, 2.24) is 10.6 Å². The van der Waals surface area contributed by atoms with Gasteiger partial charge < -0.3 is 15.4 Å². The summed E-state index contributed by atoms with van der Waals surface area (Å²) < 4.78 is 6.01. The lowest BCUT2D eigenvalue weighted by Crippen LogP contribution is -2.49. The first-order valence-electron chi connectivity index (χ1n) is 7.84. The summed E-state index contributed by atoms with van der Waals surface area (Å²) in [5.74, 6) is 0.194. The lowest BCUT2D eigenvalue weighted by atomic mass is 9.85. The van der Waals surface area contributed by atoms with E-state index in [4.69, 9.17) is 4.74 Å². The topological polar surface area (TPSA) is 50.4 Å². The Kier molecular flexibility index (Phi) is 5.22. The number of hydrogen-bond acceptors (Lipinski definition) is 3. The first-order chi connectivity index (χ1) is 9.17. The lowest BCUT2D eigenvalue weighted by Gasteiger charge is -2.41. The third-order valence-corrected chi connectivity index (χ3v) is 4.74. The zero-order valence-corrected chi connectivity index (χ0v) is 12.3. The molecule has 0 aromatic carbocycles. The van der Waals surface area contributed by atoms with Gasteiger partial charge in [0.25, 0.3) is 0 Å². The molecule has 0 bridgehead atoms. The minimum atomic E-state index is 0.0584. The number of ether oxygens (including phenoxy) is 1. The van der Waals surface area contributed by atoms with Crippen molar-refractivity contribution in [1.29, 1.82) is 0 Å². The average Bonchev–Trinajstić information content (AvgIpc) is 2.63. The molecule has 0 saturated carbocycles. The van der Waals surface area contributed by atoms with Crippen molar-refractivity contribution in [3.05, 3.63) is 0 Å². The average molecular weight is 268 g/mol. The second-order valence-corrected chi connectivity index (χ2v) is 5.99. The van der Waals surface area contributed by atoms with Crippen molar-refractivity contribution >= 4 is 5.91 Å². The van der Waals surface area contributed by atoms with Crippen LogP contribution in [0.2, 0.25) is 0 Å². The van der Waals surface area contributed by atoms with E-state index >= 15 is 0 Å². The number of carbonyl (C=O) groups is 1. The Morgan fingerprint density at radius 2 is 2.11 bits per heavy atom. The molecule has 4 heteroatoms. The molecule has 0 aromatic rings. The minimum absolute atomic E-state index is 0.0584. The number of hydrogen-bond donors (Lipinski definition) is 2. The van der Waals surface area contributed by atoms with Crippen LogP contribution >= 0.6 is 0 Å². The number of amides is 1. The van der Waals surface area contributed by atoms with Gasteiger partial charge in [0.2, 0.25) is 5.91 Å². The monoisotopic (exact) mass is 268 g/mol. The fraction of sp³-hybridized carbons (Fsp3) is 0.933. The maximum Gasteiger partial charge on any atom is 0.221 e. The first-order valence-corrected chi connectivity index (χ1v) is 7.84. The van der Waals surface area contributed by atoms with Gasteiger partial charge in [0.05, 0.1) is 5.60 Å². The summed E-state index contributed by atoms with van der Waals surface area (Å²) in [7, 11) is 0. The van der Waals surface area contributed by atoms with Crippen LogP contribution in [0.3, 0.4) is 0 Å². The number of nitrogens with one attached hydrogen (secondary N) is 2. The van der Waals surface area contributed by atoms with Gasteiger partial charge in [-0.05, 0) is 38.5 Å². The van der Waals surface area contributed by atoms with Crippen LogP contribution in [0, 0.1) is 0 Å². The highest BCUT2D eigenvalue weighted by Gasteiger charge is 2.35. The summed E-state index contributed by atoms with van der Waals surface area (Å²) in [6, 6.07) is 0.849. The van der Waals surface area contributed by atoms with Gasteiger partial charge in [0.1, 0.15) is 0 Å². The Morgan fingerprint density at radius 1 is 1.32 bits per heavy atom. The van der Waals surface area contributed by atoms with Gasteiger partial charge in [0.15, 0.2) is 0 Å². The van der Waals surface area contributed by atoms with Crippen LogP contribution in [0.5, 0.6) is 0 Å². The Labute approximate surface area is 116 Å². The van der Waals surface area contributed by atoms with E-state index in [1.807, 2.05) is 0 Å². The molecule has 19 heavy (non-hydrogen) atoms. The van der Waals surface area contributed by atoms with Gasteiger partial charge in [0, 0.05) is 31.7 Å². The van der Waals surface area contributed by atoms with E-state index in [0.29, 0.717) is 18.5 Å². The number of rotatable bonds is 4. The van der Waals surface area contributed by atoms with Gasteiger partial charge in [-0.15, -0.1) is 0 Å². The molecular formula is C15H28N2O2. The smallest absolute Gasteiger partial charge is 0.221 e. The van der Waals surface area contributed by atoms with E-state index in [1.165, 1.54) is 0 Å². The second-order valence-electron chi connectivity index (χ2n) is 5.99. The summed E-state index contributed by atoms with van der Waals surface area (Å²) >= 11 is 0. The molecule has 2 atom stereocenters. The van der Waals surface area contributed by atoms with Crippen LogP contribution in [0.15, 0.2) is 0 Å². The summed E-state index contributed by atoms with van der Waals surface area (Å²) in [5, 5.41) is 6.66. The highest BCUT2D eigenvalue weighted by Crippen LogP contribution is 2.31. The molecule has 2 rings (SSSR count). The molecule has 2 unspecified atom stereocenters. The normalized spacial score (nSPS) is 31.6. The van der Waals surface area contributed by atoms with Gasteiger partial charge in [-0.1, -0.05) is 13.8 Å². The van der Waals surface area contributed by atoms with Crippen LogP contribution in [0.25, 0.3) is 0 Å². The molecule has 2 heterocycles. The van der Waals surface area contributed by atoms with Crippen LogP contribution in [0.1, 0.15) is 58.8 Å². The highest BCUT2D eigenvalue weighted by atomic mass is 16.5. The molecule has 2 N–H and O–H groups in total. The Balaban J connectivity index is 1.89. The van der Waals surface area contributed by atoms with E-state index < -0.39 is 0 Å². The zero-order chi connectivity index (χ0) is 13.7. The molecular weight excluding hydrogens is 240 g/mol. The van der Waals surface area contributed by atoms with E-state index in [2.05, 4.69) is 24.5 Å². The van der Waals surface area contributed by atoms with E-state index in [-0.39, 0.29) is 11.5 Å². The molecule has 1 amide bonds. The van der Waals surface area contributed by atoms with Crippen LogP contribution in [-0.2, 0) is 9.53 Å². The SMILES string of the molecule is CCC1(CC)CC(NC2CCCNC(=O)C2)CCO1. The first kappa shape index (κ1) is 14.8. The van der Waals surface area contributed by atoms with Crippen LogP contribution < -0.4 is 10.6 Å². The predicted octanol–water partition coefficient (Wildman–Crippen LogP) is 1.98. The standard InChI is InChI=1S/C15H28N2O2/c1-3-15(4-2)11-13(7-9-19-15)17-12-6-5-8-16-14(18)10-12/h12-13,17H,3-11H2,1-2H3,(H,16,18). The summed E-state index contributed by atoms with van der Waals surface area (Å²) in [6.45, 7) is 6.10. The van der Waals surface area contributed by atoms with Crippen molar-refractivity contribution in [2.45, 2.75) is 76.5 Å². The third kappa shape index (κ3) is 3.93. The Morgan fingerprint density at radius 3 is 2.84 bits per heavy atom. The lowest BCUT2D eigenvalue weighted by molar-refractivity contribution is -0.121. The molecule has 110 valence electrons. The molecule has 4 nitrogen and oxygen atoms in total. The summed E-state index contributed by atoms with van der Waals surface area (Å²) in [5.41, 5.74) is 0.0584. The number of carbonyl (C=O) groups excluding carboxylic acids is 1. The fourth-order valence-corrected chi connectivity index (χ4v) is 3.36. The molecule has 0 radical (unpaired) electrons. The Bertz CT molecular complexity index is 303. The maximum absolute atomic E-state index is 11.6. The zero-order valence-electron chi connectivity index (χ0n) is 12.3. The largest absolute Gasteiger partial charge is 0.375 e. The van der Waals surface area contributed by atoms with Gasteiger partial charge in [-0.2, -0.15) is 0 Å². The van der Waals surface area contributed by atoms with E-state index in [9.17, 15) is 4.79 Å². The van der Waals surface area contributed by atoms with E-state index in [0.717, 1.165) is 51.7 Å². The molecule has 2 saturated heterocycles. The highest BCUT2D eigenvalue weighted by molar-refractivity contribution is 5.76. The summed E-state index contributed by atoms with van der Waals surface area (Å²) in [6.07, 6.45) is 7.11. The third-order valence-electron chi connectivity index (χ3n) is 4.74.